The van der Waals surface area contributed by atoms with Gasteiger partial charge in [0.2, 0.25) is 5.78 Å². The Morgan fingerprint density at radius 2 is 1.95 bits per heavy atom. The monoisotopic (exact) mass is 495 g/mol. The molecule has 0 saturated carbocycles. The van der Waals surface area contributed by atoms with Crippen LogP contribution in [0.1, 0.15) is 87.8 Å². The van der Waals surface area contributed by atoms with Crippen molar-refractivity contribution < 1.29 is 14.3 Å². The number of hydrogen-bond donors (Lipinski definition) is 1. The number of allylic oxidation sites excluding steroid dienone is 2. The minimum atomic E-state index is -0.137. The van der Waals surface area contributed by atoms with Crippen molar-refractivity contribution in [3.05, 3.63) is 94.0 Å². The molecule has 188 valence electrons. The lowest BCUT2D eigenvalue weighted by molar-refractivity contribution is -0.605. The van der Waals surface area contributed by atoms with E-state index in [1.165, 1.54) is 36.1 Å². The molecule has 3 aromatic rings. The minimum absolute atomic E-state index is 0.0431. The molecule has 1 aliphatic heterocycles. The summed E-state index contributed by atoms with van der Waals surface area (Å²) in [6.07, 6.45) is 12.7. The number of benzene rings is 1. The molecule has 8 nitrogen and oxygen atoms in total. The summed E-state index contributed by atoms with van der Waals surface area (Å²) in [6, 6.07) is 11.5. The van der Waals surface area contributed by atoms with Gasteiger partial charge in [0.1, 0.15) is 11.8 Å². The number of pyridine rings is 1. The predicted octanol–water partition coefficient (Wildman–Crippen LogP) is 4.32. The van der Waals surface area contributed by atoms with Crippen LogP contribution in [0.4, 0.5) is 0 Å². The number of imidazole rings is 1. The van der Waals surface area contributed by atoms with Gasteiger partial charge in [-0.3, -0.25) is 9.59 Å². The highest BCUT2D eigenvalue weighted by Gasteiger charge is 2.26. The molecular weight excluding hydrogens is 466 g/mol. The largest absolute Gasteiger partial charge is 0.619 e. The second kappa shape index (κ2) is 10.8. The fourth-order valence-electron chi connectivity index (χ4n) is 5.31. The molecule has 1 aliphatic carbocycles. The molecule has 3 heterocycles. The Labute approximate surface area is 215 Å². The molecule has 2 aliphatic rings. The number of hydrogen-bond acceptors (Lipinski definition) is 5. The predicted molar refractivity (Wildman–Crippen MR) is 138 cm³/mol. The van der Waals surface area contributed by atoms with Crippen LogP contribution >= 0.6 is 0 Å². The molecule has 37 heavy (non-hydrogen) atoms. The number of nitrogens with one attached hydrogen (secondary N) is 1. The van der Waals surface area contributed by atoms with Gasteiger partial charge >= 0.3 is 0 Å². The molecular formula is C29H29N5O3. The van der Waals surface area contributed by atoms with Gasteiger partial charge in [0.25, 0.3) is 5.91 Å². The van der Waals surface area contributed by atoms with Crippen LogP contribution in [-0.4, -0.2) is 39.6 Å². The lowest BCUT2D eigenvalue weighted by Gasteiger charge is -2.32. The van der Waals surface area contributed by atoms with Gasteiger partial charge in [-0.1, -0.05) is 24.3 Å². The Bertz CT molecular complexity index is 1380. The fraction of sp³-hybridized carbons (Fsp3) is 0.345. The molecule has 0 radical (unpaired) electrons. The number of amides is 1. The summed E-state index contributed by atoms with van der Waals surface area (Å²) >= 11 is 0. The van der Waals surface area contributed by atoms with Crippen molar-refractivity contribution >= 4 is 17.3 Å². The van der Waals surface area contributed by atoms with Crippen LogP contribution in [0, 0.1) is 16.5 Å². The van der Waals surface area contributed by atoms with E-state index < -0.39 is 0 Å². The van der Waals surface area contributed by atoms with Gasteiger partial charge in [0.05, 0.1) is 11.8 Å². The van der Waals surface area contributed by atoms with Crippen LogP contribution in [0.15, 0.2) is 55.0 Å². The van der Waals surface area contributed by atoms with Crippen LogP contribution in [0.2, 0.25) is 0 Å². The fourth-order valence-corrected chi connectivity index (χ4v) is 5.31. The Hall–Kier alpha value is -4.25. The molecule has 1 N–H and O–H groups in total. The van der Waals surface area contributed by atoms with Crippen LogP contribution in [0.5, 0.6) is 0 Å². The van der Waals surface area contributed by atoms with Gasteiger partial charge in [0, 0.05) is 31.6 Å². The van der Waals surface area contributed by atoms with E-state index in [1.807, 2.05) is 11.0 Å². The van der Waals surface area contributed by atoms with Crippen molar-refractivity contribution in [1.29, 1.82) is 5.26 Å². The van der Waals surface area contributed by atoms with Gasteiger partial charge < -0.3 is 15.1 Å². The Kier molecular flexibility index (Phi) is 7.13. The maximum absolute atomic E-state index is 12.9. The zero-order valence-electron chi connectivity index (χ0n) is 20.7. The number of aromatic amines is 1. The van der Waals surface area contributed by atoms with Crippen LogP contribution < -0.4 is 4.73 Å². The molecule has 0 bridgehead atoms. The third kappa shape index (κ3) is 5.46. The Balaban J connectivity index is 1.33. The highest BCUT2D eigenvalue weighted by Crippen LogP contribution is 2.35. The van der Waals surface area contributed by atoms with E-state index in [-0.39, 0.29) is 29.6 Å². The van der Waals surface area contributed by atoms with Crippen molar-refractivity contribution in [2.75, 3.05) is 13.1 Å². The average molecular weight is 496 g/mol. The zero-order valence-corrected chi connectivity index (χ0v) is 20.7. The maximum Gasteiger partial charge on any atom is 0.254 e. The van der Waals surface area contributed by atoms with Crippen molar-refractivity contribution in [1.82, 2.24) is 14.9 Å². The highest BCUT2D eigenvalue weighted by molar-refractivity contribution is 5.95. The normalized spacial score (nSPS) is 16.2. The highest BCUT2D eigenvalue weighted by atomic mass is 16.5. The van der Waals surface area contributed by atoms with E-state index in [9.17, 15) is 14.8 Å². The minimum Gasteiger partial charge on any atom is -0.619 e. The number of carbonyl (C=O) groups is 2. The first kappa shape index (κ1) is 24.4. The molecule has 0 spiro atoms. The number of likely N-dealkylation sites (tertiary alicyclic amines) is 1. The zero-order chi connectivity index (χ0) is 25.8. The smallest absolute Gasteiger partial charge is 0.254 e. The van der Waals surface area contributed by atoms with Gasteiger partial charge in [-0.05, 0) is 66.7 Å². The van der Waals surface area contributed by atoms with Crippen LogP contribution in [-0.2, 0) is 6.42 Å². The number of nitrogens with zero attached hydrogens (tertiary/aromatic N) is 4. The molecule has 0 atom stereocenters. The summed E-state index contributed by atoms with van der Waals surface area (Å²) in [6.45, 7) is 1.32. The van der Waals surface area contributed by atoms with Crippen LogP contribution in [0.25, 0.3) is 5.57 Å². The number of H-pyrrole nitrogens is 1. The van der Waals surface area contributed by atoms with Crippen molar-refractivity contribution in [3.63, 3.8) is 0 Å². The number of carbonyl (C=O) groups excluding carboxylic acids is 2. The SMILES string of the molecule is N#Cc1cnc(C(=O)Cc2ccc(C3CCN(C(=O)c4cc[n+]([O-])cc4)CC3)cc2C2=CCCCC2)[nH]1. The molecule has 1 aromatic carbocycles. The molecule has 5 rings (SSSR count). The summed E-state index contributed by atoms with van der Waals surface area (Å²) < 4.78 is 0.678. The number of rotatable bonds is 6. The van der Waals surface area contributed by atoms with Crippen molar-refractivity contribution in [3.8, 4) is 6.07 Å². The average Bonchev–Trinajstić information content (AvgIpc) is 3.44. The first-order chi connectivity index (χ1) is 18.0. The van der Waals surface area contributed by atoms with Crippen molar-refractivity contribution in [2.24, 2.45) is 0 Å². The first-order valence-corrected chi connectivity index (χ1v) is 12.8. The van der Waals surface area contributed by atoms with E-state index >= 15 is 0 Å². The first-order valence-electron chi connectivity index (χ1n) is 12.8. The lowest BCUT2D eigenvalue weighted by Crippen LogP contribution is -2.38. The Morgan fingerprint density at radius 3 is 2.62 bits per heavy atom. The van der Waals surface area contributed by atoms with E-state index in [4.69, 9.17) is 5.26 Å². The van der Waals surface area contributed by atoms with E-state index in [0.29, 0.717) is 29.3 Å². The van der Waals surface area contributed by atoms with E-state index in [0.717, 1.165) is 43.2 Å². The molecule has 2 aromatic heterocycles. The molecule has 8 heteroatoms. The standard InChI is InChI=1S/C29H29N5O3/c30-18-25-19-31-28(32-25)27(35)17-24-7-6-23(16-26(24)21-4-2-1-3-5-21)20-8-12-33(13-9-20)29(36)22-10-14-34(37)15-11-22/h4,6-7,10-11,14-16,19-20H,1-3,5,8-9,12-13,17H2,(H,31,32). The second-order valence-corrected chi connectivity index (χ2v) is 9.76. The number of nitriles is 1. The van der Waals surface area contributed by atoms with Gasteiger partial charge in [-0.25, -0.2) is 4.98 Å². The number of Topliss-reactive ketones (excluding diaryl/α,β-unsaturated/α-hetero) is 1. The van der Waals surface area contributed by atoms with Gasteiger partial charge in [-0.15, -0.1) is 0 Å². The molecule has 0 unspecified atom stereocenters. The van der Waals surface area contributed by atoms with E-state index in [2.05, 4.69) is 34.2 Å². The lowest BCUT2D eigenvalue weighted by atomic mass is 9.83. The Morgan fingerprint density at radius 1 is 1.16 bits per heavy atom. The summed E-state index contributed by atoms with van der Waals surface area (Å²) in [5.41, 5.74) is 5.45. The molecule has 1 fully saturated rings. The van der Waals surface area contributed by atoms with Crippen molar-refractivity contribution in [2.45, 2.75) is 50.9 Å². The molecule has 1 amide bonds. The topological polar surface area (TPSA) is 117 Å². The quantitative estimate of drug-likeness (QED) is 0.311. The number of aromatic nitrogens is 3. The number of ketones is 1. The second-order valence-electron chi connectivity index (χ2n) is 9.76. The third-order valence-electron chi connectivity index (χ3n) is 7.38. The van der Waals surface area contributed by atoms with Gasteiger partial charge in [0.15, 0.2) is 18.2 Å². The molecule has 1 saturated heterocycles. The van der Waals surface area contributed by atoms with E-state index in [1.54, 1.807) is 12.1 Å². The summed E-state index contributed by atoms with van der Waals surface area (Å²) in [5.74, 6) is 0.366. The van der Waals surface area contributed by atoms with Gasteiger partial charge in [-0.2, -0.15) is 9.99 Å². The maximum atomic E-state index is 12.9. The third-order valence-corrected chi connectivity index (χ3v) is 7.38. The summed E-state index contributed by atoms with van der Waals surface area (Å²) in [7, 11) is 0. The summed E-state index contributed by atoms with van der Waals surface area (Å²) in [4.78, 5) is 34.5. The van der Waals surface area contributed by atoms with Crippen LogP contribution in [0.3, 0.4) is 0 Å². The summed E-state index contributed by atoms with van der Waals surface area (Å²) in [5, 5.41) is 20.3. The number of piperidine rings is 1.